The van der Waals surface area contributed by atoms with E-state index in [1.54, 1.807) is 25.1 Å². The molecule has 2 saturated heterocycles. The first-order chi connectivity index (χ1) is 19.0. The maximum atomic E-state index is 14.1. The Balaban J connectivity index is 1.31. The van der Waals surface area contributed by atoms with E-state index in [2.05, 4.69) is 15.2 Å². The van der Waals surface area contributed by atoms with Gasteiger partial charge >= 0.3 is 6.18 Å². The zero-order chi connectivity index (χ0) is 29.1. The van der Waals surface area contributed by atoms with Crippen molar-refractivity contribution >= 4 is 29.2 Å². The maximum absolute atomic E-state index is 14.1. The van der Waals surface area contributed by atoms with Crippen LogP contribution in [0.4, 0.5) is 19.0 Å². The fraction of sp³-hybridized carbons (Fsp3) is 0.552. The standard InChI is InChI=1S/C29H36ClF3N4O3/c1-3-19-5-4-6-22(18-19)28(40,29(31,32)33)27(39)37-15-11-21(12-16-37)17-20-9-13-36(14-10-20)24-8-7-23(25(30)35-24)26(38)34-2/h4-8,18,20-21,40H,3,9-17H2,1-2H3,(H,34,38)/t28-/m1/s1. The average Bonchev–Trinajstić information content (AvgIpc) is 2.96. The quantitative estimate of drug-likeness (QED) is 0.453. The smallest absolute Gasteiger partial charge is 0.369 e. The lowest BCUT2D eigenvalue weighted by Gasteiger charge is -2.40. The van der Waals surface area contributed by atoms with Crippen molar-refractivity contribution < 1.29 is 27.9 Å². The Hall–Kier alpha value is -2.85. The molecule has 40 heavy (non-hydrogen) atoms. The Morgan fingerprint density at radius 2 is 1.68 bits per heavy atom. The average molecular weight is 581 g/mol. The minimum absolute atomic E-state index is 0.163. The Morgan fingerprint density at radius 1 is 1.05 bits per heavy atom. The molecule has 1 aromatic heterocycles. The van der Waals surface area contributed by atoms with Crippen LogP contribution in [0.5, 0.6) is 0 Å². The molecule has 2 amide bonds. The van der Waals surface area contributed by atoms with E-state index >= 15 is 0 Å². The van der Waals surface area contributed by atoms with E-state index < -0.39 is 23.2 Å². The van der Waals surface area contributed by atoms with Gasteiger partial charge in [0.25, 0.3) is 17.4 Å². The van der Waals surface area contributed by atoms with Crippen LogP contribution in [0.15, 0.2) is 36.4 Å². The lowest BCUT2D eigenvalue weighted by Crippen LogP contribution is -2.57. The van der Waals surface area contributed by atoms with Crippen LogP contribution in [0.25, 0.3) is 0 Å². The summed E-state index contributed by atoms with van der Waals surface area (Å²) in [4.78, 5) is 32.7. The molecule has 0 spiro atoms. The SMILES string of the molecule is CCc1cccc([C@@](O)(C(=O)N2CCC(CC3CCN(c4ccc(C(=O)NC)c(Cl)n4)CC3)CC2)C(F)(F)F)c1. The second-order valence-corrected chi connectivity index (χ2v) is 11.1. The third-order valence-corrected chi connectivity index (χ3v) is 8.57. The summed E-state index contributed by atoms with van der Waals surface area (Å²) in [5.74, 6) is -0.0853. The number of amides is 2. The first kappa shape index (κ1) is 30.1. The molecule has 3 heterocycles. The number of aryl methyl sites for hydroxylation is 1. The van der Waals surface area contributed by atoms with Gasteiger partial charge in [0.05, 0.1) is 5.56 Å². The summed E-state index contributed by atoms with van der Waals surface area (Å²) in [6.45, 7) is 3.77. The minimum Gasteiger partial charge on any atom is -0.369 e. The number of pyridine rings is 1. The van der Waals surface area contributed by atoms with Gasteiger partial charge in [-0.15, -0.1) is 0 Å². The minimum atomic E-state index is -5.14. The second-order valence-electron chi connectivity index (χ2n) is 10.8. The summed E-state index contributed by atoms with van der Waals surface area (Å²) >= 11 is 6.21. The molecule has 2 aliphatic rings. The number of anilines is 1. The molecular formula is C29H36ClF3N4O3. The highest BCUT2D eigenvalue weighted by Gasteiger charge is 2.62. The van der Waals surface area contributed by atoms with Crippen LogP contribution in [0, 0.1) is 11.8 Å². The van der Waals surface area contributed by atoms with Crippen molar-refractivity contribution in [1.29, 1.82) is 0 Å². The largest absolute Gasteiger partial charge is 0.430 e. The molecule has 11 heteroatoms. The molecule has 0 saturated carbocycles. The predicted molar refractivity (Wildman–Crippen MR) is 147 cm³/mol. The van der Waals surface area contributed by atoms with Gasteiger partial charge in [-0.2, -0.15) is 13.2 Å². The number of piperidine rings is 2. The molecular weight excluding hydrogens is 545 g/mol. The predicted octanol–water partition coefficient (Wildman–Crippen LogP) is 4.95. The maximum Gasteiger partial charge on any atom is 0.430 e. The summed E-state index contributed by atoms with van der Waals surface area (Å²) < 4.78 is 42.4. The number of carbonyl (C=O) groups is 2. The highest BCUT2D eigenvalue weighted by molar-refractivity contribution is 6.32. The van der Waals surface area contributed by atoms with Crippen LogP contribution in [0.1, 0.15) is 60.5 Å². The van der Waals surface area contributed by atoms with Crippen molar-refractivity contribution in [3.8, 4) is 0 Å². The molecule has 2 fully saturated rings. The first-order valence-corrected chi connectivity index (χ1v) is 14.2. The van der Waals surface area contributed by atoms with Gasteiger partial charge in [-0.25, -0.2) is 4.98 Å². The van der Waals surface area contributed by atoms with Gasteiger partial charge < -0.3 is 20.2 Å². The molecule has 2 N–H and O–H groups in total. The summed E-state index contributed by atoms with van der Waals surface area (Å²) in [7, 11) is 1.54. The lowest BCUT2D eigenvalue weighted by molar-refractivity contribution is -0.262. The van der Waals surface area contributed by atoms with Crippen molar-refractivity contribution in [3.63, 3.8) is 0 Å². The second kappa shape index (κ2) is 12.3. The number of alkyl halides is 3. The molecule has 0 unspecified atom stereocenters. The van der Waals surface area contributed by atoms with Gasteiger partial charge in [0.2, 0.25) is 0 Å². The molecule has 2 aliphatic heterocycles. The van der Waals surface area contributed by atoms with Crippen LogP contribution < -0.4 is 10.2 Å². The van der Waals surface area contributed by atoms with Gasteiger partial charge in [-0.05, 0) is 68.1 Å². The topological polar surface area (TPSA) is 85.8 Å². The Morgan fingerprint density at radius 3 is 2.23 bits per heavy atom. The number of hydrogen-bond acceptors (Lipinski definition) is 5. The number of nitrogens with zero attached hydrogens (tertiary/aromatic N) is 3. The molecule has 0 bridgehead atoms. The Kier molecular flexibility index (Phi) is 9.29. The zero-order valence-corrected chi connectivity index (χ0v) is 23.6. The summed E-state index contributed by atoms with van der Waals surface area (Å²) in [6.07, 6.45) is -0.603. The fourth-order valence-corrected chi connectivity index (χ4v) is 6.03. The Bertz CT molecular complexity index is 1210. The van der Waals surface area contributed by atoms with Gasteiger partial charge in [-0.1, -0.05) is 42.8 Å². The van der Waals surface area contributed by atoms with Gasteiger partial charge in [-0.3, -0.25) is 9.59 Å². The van der Waals surface area contributed by atoms with E-state index in [0.717, 1.165) is 38.2 Å². The van der Waals surface area contributed by atoms with Crippen molar-refractivity contribution in [2.75, 3.05) is 38.1 Å². The molecule has 4 rings (SSSR count). The highest BCUT2D eigenvalue weighted by atomic mass is 35.5. The third kappa shape index (κ3) is 6.22. The molecule has 2 aromatic rings. The van der Waals surface area contributed by atoms with E-state index in [4.69, 9.17) is 11.6 Å². The van der Waals surface area contributed by atoms with E-state index in [9.17, 15) is 27.9 Å². The van der Waals surface area contributed by atoms with Crippen molar-refractivity contribution in [1.82, 2.24) is 15.2 Å². The number of hydrogen-bond donors (Lipinski definition) is 2. The van der Waals surface area contributed by atoms with Gasteiger partial charge in [0.1, 0.15) is 11.0 Å². The monoisotopic (exact) mass is 580 g/mol. The van der Waals surface area contributed by atoms with E-state index in [0.29, 0.717) is 42.2 Å². The third-order valence-electron chi connectivity index (χ3n) is 8.29. The molecule has 218 valence electrons. The zero-order valence-electron chi connectivity index (χ0n) is 22.8. The summed E-state index contributed by atoms with van der Waals surface area (Å²) in [6, 6.07) is 9.03. The van der Waals surface area contributed by atoms with Crippen molar-refractivity contribution in [3.05, 3.63) is 58.2 Å². The van der Waals surface area contributed by atoms with E-state index in [-0.39, 0.29) is 24.1 Å². The summed E-state index contributed by atoms with van der Waals surface area (Å²) in [5, 5.41) is 13.5. The number of benzene rings is 1. The molecule has 1 aromatic carbocycles. The number of halogens is 4. The normalized spacial score (nSPS) is 18.9. The van der Waals surface area contributed by atoms with Crippen LogP contribution >= 0.6 is 11.6 Å². The number of nitrogens with one attached hydrogen (secondary N) is 1. The fourth-order valence-electron chi connectivity index (χ4n) is 5.80. The molecule has 7 nitrogen and oxygen atoms in total. The van der Waals surface area contributed by atoms with E-state index in [1.165, 1.54) is 30.1 Å². The van der Waals surface area contributed by atoms with Crippen molar-refractivity contribution in [2.24, 2.45) is 11.8 Å². The number of carbonyl (C=O) groups excluding carboxylic acids is 2. The van der Waals surface area contributed by atoms with Gasteiger partial charge in [0, 0.05) is 38.8 Å². The van der Waals surface area contributed by atoms with Crippen LogP contribution in [0.3, 0.4) is 0 Å². The van der Waals surface area contributed by atoms with Crippen LogP contribution in [-0.4, -0.2) is 66.2 Å². The van der Waals surface area contributed by atoms with Gasteiger partial charge in [0.15, 0.2) is 0 Å². The van der Waals surface area contributed by atoms with E-state index in [1.807, 2.05) is 0 Å². The molecule has 1 atom stereocenters. The number of aromatic nitrogens is 1. The van der Waals surface area contributed by atoms with Crippen molar-refractivity contribution in [2.45, 2.75) is 57.2 Å². The summed E-state index contributed by atoms with van der Waals surface area (Å²) in [5.41, 5.74) is -3.04. The van der Waals surface area contributed by atoms with Crippen LogP contribution in [0.2, 0.25) is 5.15 Å². The highest BCUT2D eigenvalue weighted by Crippen LogP contribution is 2.42. The molecule has 0 aliphatic carbocycles. The number of likely N-dealkylation sites (tertiary alicyclic amines) is 1. The number of rotatable bonds is 7. The molecule has 0 radical (unpaired) electrons. The number of aliphatic hydroxyl groups is 1. The first-order valence-electron chi connectivity index (χ1n) is 13.8. The van der Waals surface area contributed by atoms with Crippen LogP contribution in [-0.2, 0) is 16.8 Å². The lowest BCUT2D eigenvalue weighted by atomic mass is 9.82. The Labute approximate surface area is 237 Å².